The lowest BCUT2D eigenvalue weighted by Gasteiger charge is -2.23. The van der Waals surface area contributed by atoms with Crippen LogP contribution in [0.5, 0.6) is 17.4 Å². The van der Waals surface area contributed by atoms with Gasteiger partial charge in [0.25, 0.3) is 11.8 Å². The summed E-state index contributed by atoms with van der Waals surface area (Å²) in [6.07, 6.45) is 3.08. The molecular weight excluding hydrogens is 392 g/mol. The van der Waals surface area contributed by atoms with Gasteiger partial charge >= 0.3 is 5.97 Å². The number of carbonyl (C=O) groups excluding carboxylic acids is 3. The first-order valence-corrected chi connectivity index (χ1v) is 9.14. The van der Waals surface area contributed by atoms with Crippen LogP contribution < -0.4 is 14.8 Å². The molecule has 1 saturated heterocycles. The van der Waals surface area contributed by atoms with E-state index < -0.39 is 11.6 Å². The number of nitrogens with zero attached hydrogens (tertiary/aromatic N) is 3. The Kier molecular flexibility index (Phi) is 5.86. The lowest BCUT2D eigenvalue weighted by atomic mass is 10.1. The van der Waals surface area contributed by atoms with Crippen molar-refractivity contribution in [3.05, 3.63) is 41.9 Å². The lowest BCUT2D eigenvalue weighted by Crippen LogP contribution is -2.40. The minimum atomic E-state index is -1.06. The number of aromatic nitrogens is 2. The molecule has 1 aromatic heterocycles. The van der Waals surface area contributed by atoms with Crippen LogP contribution in [0, 0.1) is 0 Å². The van der Waals surface area contributed by atoms with E-state index in [1.54, 1.807) is 21.0 Å². The lowest BCUT2D eigenvalue weighted by molar-refractivity contribution is -0.131. The molecule has 0 unspecified atom stereocenters. The summed E-state index contributed by atoms with van der Waals surface area (Å²) < 4.78 is 16.3. The fourth-order valence-corrected chi connectivity index (χ4v) is 2.83. The predicted octanol–water partition coefficient (Wildman–Crippen LogP) is 1.41. The summed E-state index contributed by atoms with van der Waals surface area (Å²) in [5.74, 6) is -0.510. The van der Waals surface area contributed by atoms with Gasteiger partial charge in [0.2, 0.25) is 5.88 Å². The first-order chi connectivity index (χ1) is 14.2. The third kappa shape index (κ3) is 4.48. The Labute approximate surface area is 173 Å². The van der Waals surface area contributed by atoms with Crippen molar-refractivity contribution in [1.29, 1.82) is 0 Å². The monoisotopic (exact) mass is 414 g/mol. The number of esters is 1. The maximum Gasteiger partial charge on any atom is 0.338 e. The minimum Gasteiger partial charge on any atom is -0.478 e. The molecule has 1 fully saturated rings. The van der Waals surface area contributed by atoms with Crippen molar-refractivity contribution < 1.29 is 28.6 Å². The smallest absolute Gasteiger partial charge is 0.338 e. The normalized spacial score (nSPS) is 17.8. The molecule has 1 aliphatic heterocycles. The van der Waals surface area contributed by atoms with Gasteiger partial charge in [-0.15, -0.1) is 0 Å². The van der Waals surface area contributed by atoms with Crippen LogP contribution in [0.15, 0.2) is 30.6 Å². The van der Waals surface area contributed by atoms with Crippen LogP contribution >= 0.6 is 0 Å². The molecule has 10 nitrogen and oxygen atoms in total. The highest BCUT2D eigenvalue weighted by molar-refractivity contribution is 5.92. The number of nitrogens with one attached hydrogen (secondary N) is 1. The molecule has 2 aromatic rings. The Morgan fingerprint density at radius 2 is 1.87 bits per heavy atom. The molecule has 3 rings (SSSR count). The number of hydrogen-bond donors (Lipinski definition) is 1. The van der Waals surface area contributed by atoms with Crippen molar-refractivity contribution in [2.24, 2.45) is 0 Å². The zero-order valence-electron chi connectivity index (χ0n) is 17.1. The van der Waals surface area contributed by atoms with Crippen LogP contribution in [0.4, 0.5) is 0 Å². The Hall–Kier alpha value is -3.69. The first-order valence-electron chi connectivity index (χ1n) is 9.14. The summed E-state index contributed by atoms with van der Waals surface area (Å²) in [6.45, 7) is 2.18. The van der Waals surface area contributed by atoms with E-state index in [0.717, 1.165) is 0 Å². The third-order valence-electron chi connectivity index (χ3n) is 4.49. The Morgan fingerprint density at radius 1 is 1.13 bits per heavy atom. The first kappa shape index (κ1) is 21.0. The van der Waals surface area contributed by atoms with E-state index >= 15 is 0 Å². The van der Waals surface area contributed by atoms with E-state index in [1.165, 1.54) is 42.6 Å². The van der Waals surface area contributed by atoms with Crippen molar-refractivity contribution in [3.8, 4) is 17.4 Å². The van der Waals surface area contributed by atoms with Gasteiger partial charge in [-0.05, 0) is 19.1 Å². The molecule has 0 bridgehead atoms. The maximum absolute atomic E-state index is 12.1. The summed E-state index contributed by atoms with van der Waals surface area (Å²) in [4.78, 5) is 45.5. The van der Waals surface area contributed by atoms with Gasteiger partial charge in [0.15, 0.2) is 5.60 Å². The zero-order chi connectivity index (χ0) is 21.9. The fraction of sp³-hybridized carbons (Fsp3) is 0.350. The third-order valence-corrected chi connectivity index (χ3v) is 4.49. The molecule has 0 saturated carbocycles. The van der Waals surface area contributed by atoms with Gasteiger partial charge in [-0.25, -0.2) is 14.8 Å². The molecule has 30 heavy (non-hydrogen) atoms. The molecule has 2 amide bonds. The molecule has 158 valence electrons. The molecule has 0 spiro atoms. The minimum absolute atomic E-state index is 0.114. The summed E-state index contributed by atoms with van der Waals surface area (Å²) in [7, 11) is 4.48. The number of amides is 2. The standard InChI is InChI=1S/C20H22N4O6/c1-20(5-6-21-19(20)27)30-14-8-12(18(26)28-4)7-13(9-14)29-16-11-22-15(10-23-16)17(25)24(2)3/h7-11H,5-6H2,1-4H3,(H,21,27)/t20-/m0/s1. The molecule has 1 aliphatic rings. The SMILES string of the molecule is COC(=O)c1cc(Oc2cnc(C(=O)N(C)C)cn2)cc(O[C@@]2(C)CCNC2=O)c1. The molecule has 0 radical (unpaired) electrons. The number of carbonyl (C=O) groups is 3. The van der Waals surface area contributed by atoms with Crippen LogP contribution in [0.1, 0.15) is 34.2 Å². The van der Waals surface area contributed by atoms with Crippen LogP contribution in [0.2, 0.25) is 0 Å². The average molecular weight is 414 g/mol. The summed E-state index contributed by atoms with van der Waals surface area (Å²) in [5, 5.41) is 2.72. The fourth-order valence-electron chi connectivity index (χ4n) is 2.83. The molecular formula is C20H22N4O6. The van der Waals surface area contributed by atoms with E-state index in [2.05, 4.69) is 15.3 Å². The van der Waals surface area contributed by atoms with Gasteiger partial charge in [0, 0.05) is 33.1 Å². The van der Waals surface area contributed by atoms with E-state index in [-0.39, 0.29) is 40.5 Å². The predicted molar refractivity (Wildman–Crippen MR) is 105 cm³/mol. The molecule has 2 heterocycles. The number of methoxy groups -OCH3 is 1. The summed E-state index contributed by atoms with van der Waals surface area (Å²) in [5.41, 5.74) is -0.709. The van der Waals surface area contributed by atoms with Gasteiger partial charge in [-0.2, -0.15) is 0 Å². The van der Waals surface area contributed by atoms with Gasteiger partial charge in [0.05, 0.1) is 25.1 Å². The van der Waals surface area contributed by atoms with Crippen molar-refractivity contribution >= 4 is 17.8 Å². The number of ether oxygens (including phenoxy) is 3. The average Bonchev–Trinajstić information content (AvgIpc) is 3.04. The van der Waals surface area contributed by atoms with E-state index in [1.807, 2.05) is 0 Å². The maximum atomic E-state index is 12.1. The van der Waals surface area contributed by atoms with Crippen molar-refractivity contribution in [3.63, 3.8) is 0 Å². The van der Waals surface area contributed by atoms with Crippen LogP contribution in [-0.4, -0.2) is 66.0 Å². The largest absolute Gasteiger partial charge is 0.478 e. The highest BCUT2D eigenvalue weighted by Crippen LogP contribution is 2.31. The van der Waals surface area contributed by atoms with E-state index in [4.69, 9.17) is 14.2 Å². The van der Waals surface area contributed by atoms with Crippen molar-refractivity contribution in [2.45, 2.75) is 18.9 Å². The van der Waals surface area contributed by atoms with E-state index in [0.29, 0.717) is 13.0 Å². The van der Waals surface area contributed by atoms with Gasteiger partial charge in [-0.1, -0.05) is 0 Å². The molecule has 1 aromatic carbocycles. The zero-order valence-corrected chi connectivity index (χ0v) is 17.1. The Balaban J connectivity index is 1.87. The molecule has 1 N–H and O–H groups in total. The highest BCUT2D eigenvalue weighted by Gasteiger charge is 2.40. The summed E-state index contributed by atoms with van der Waals surface area (Å²) >= 11 is 0. The summed E-state index contributed by atoms with van der Waals surface area (Å²) in [6, 6.07) is 4.46. The second-order valence-electron chi connectivity index (χ2n) is 7.07. The van der Waals surface area contributed by atoms with Crippen LogP contribution in [0.3, 0.4) is 0 Å². The molecule has 10 heteroatoms. The second-order valence-corrected chi connectivity index (χ2v) is 7.07. The van der Waals surface area contributed by atoms with Gasteiger partial charge in [-0.3, -0.25) is 9.59 Å². The Morgan fingerprint density at radius 3 is 2.43 bits per heavy atom. The van der Waals surface area contributed by atoms with Gasteiger partial charge in [0.1, 0.15) is 17.2 Å². The number of benzene rings is 1. The highest BCUT2D eigenvalue weighted by atomic mass is 16.5. The molecule has 1 atom stereocenters. The van der Waals surface area contributed by atoms with Crippen molar-refractivity contribution in [1.82, 2.24) is 20.2 Å². The number of hydrogen-bond acceptors (Lipinski definition) is 8. The number of rotatable bonds is 6. The van der Waals surface area contributed by atoms with E-state index in [9.17, 15) is 14.4 Å². The second kappa shape index (κ2) is 8.36. The van der Waals surface area contributed by atoms with Gasteiger partial charge < -0.3 is 24.4 Å². The van der Waals surface area contributed by atoms with Crippen LogP contribution in [0.25, 0.3) is 0 Å². The topological polar surface area (TPSA) is 120 Å². The quantitative estimate of drug-likeness (QED) is 0.705. The Bertz CT molecular complexity index is 976. The van der Waals surface area contributed by atoms with Crippen molar-refractivity contribution in [2.75, 3.05) is 27.7 Å². The molecule has 0 aliphatic carbocycles. The van der Waals surface area contributed by atoms with Crippen LogP contribution in [-0.2, 0) is 9.53 Å².